The molecule has 128 valence electrons. The summed E-state index contributed by atoms with van der Waals surface area (Å²) in [7, 11) is -2.09. The Morgan fingerprint density at radius 2 is 1.50 bits per heavy atom. The highest BCUT2D eigenvalue weighted by atomic mass is 32.2. The van der Waals surface area contributed by atoms with Gasteiger partial charge in [0.1, 0.15) is 0 Å². The van der Waals surface area contributed by atoms with Crippen molar-refractivity contribution in [2.75, 3.05) is 7.05 Å². The Hall–Kier alpha value is -2.47. The highest BCUT2D eigenvalue weighted by molar-refractivity contribution is 7.89. The highest BCUT2D eigenvalue weighted by Crippen LogP contribution is 2.43. The van der Waals surface area contributed by atoms with Crippen LogP contribution in [0.4, 0.5) is 0 Å². The molecule has 1 heterocycles. The Balaban J connectivity index is 2.06. The Morgan fingerprint density at radius 3 is 2.27 bits per heavy atom. The molecule has 0 radical (unpaired) electrons. The summed E-state index contributed by atoms with van der Waals surface area (Å²) in [6, 6.07) is 22.1. The van der Waals surface area contributed by atoms with Gasteiger partial charge in [-0.05, 0) is 29.3 Å². The number of hydrogen-bond donors (Lipinski definition) is 1. The zero-order valence-electron chi connectivity index (χ0n) is 14.0. The largest absolute Gasteiger partial charge is 0.240 e. The van der Waals surface area contributed by atoms with Crippen molar-refractivity contribution in [3.63, 3.8) is 0 Å². The van der Waals surface area contributed by atoms with Crippen LogP contribution in [0.3, 0.4) is 0 Å². The summed E-state index contributed by atoms with van der Waals surface area (Å²) < 4.78 is 29.8. The van der Waals surface area contributed by atoms with E-state index in [4.69, 9.17) is 0 Å². The second-order valence-corrected chi connectivity index (χ2v) is 9.17. The van der Waals surface area contributed by atoms with E-state index in [2.05, 4.69) is 29.0 Å². The molecule has 1 N–H and O–H groups in total. The van der Waals surface area contributed by atoms with Gasteiger partial charge in [0, 0.05) is 25.6 Å². The molecule has 0 unspecified atom stereocenters. The highest BCUT2D eigenvalue weighted by Gasteiger charge is 2.20. The molecule has 0 aliphatic heterocycles. The molecule has 0 atom stereocenters. The molecule has 1 aromatic heterocycles. The maximum atomic E-state index is 12.6. The first kappa shape index (κ1) is 15.8. The van der Waals surface area contributed by atoms with Crippen LogP contribution in [-0.4, -0.2) is 15.5 Å². The first-order chi connectivity index (χ1) is 12.6. The van der Waals surface area contributed by atoms with Crippen LogP contribution in [-0.2, 0) is 10.0 Å². The molecule has 26 heavy (non-hydrogen) atoms. The lowest BCUT2D eigenvalue weighted by molar-refractivity contribution is 0.589. The van der Waals surface area contributed by atoms with Gasteiger partial charge in [-0.25, -0.2) is 13.1 Å². The van der Waals surface area contributed by atoms with Crippen molar-refractivity contribution in [1.82, 2.24) is 4.72 Å². The van der Waals surface area contributed by atoms with Crippen molar-refractivity contribution in [3.05, 3.63) is 66.7 Å². The Bertz CT molecular complexity index is 1430. The van der Waals surface area contributed by atoms with Crippen LogP contribution in [0, 0.1) is 0 Å². The number of hydrogen-bond acceptors (Lipinski definition) is 3. The lowest BCUT2D eigenvalue weighted by atomic mass is 10.0. The van der Waals surface area contributed by atoms with Crippen LogP contribution in [0.25, 0.3) is 41.7 Å². The molecule has 5 aromatic rings. The molecule has 5 heteroatoms. The molecular weight excluding hydrogens is 362 g/mol. The van der Waals surface area contributed by atoms with Crippen LogP contribution in [0.2, 0.25) is 0 Å². The molecule has 0 bridgehead atoms. The van der Waals surface area contributed by atoms with Crippen molar-refractivity contribution in [2.24, 2.45) is 0 Å². The summed E-state index contributed by atoms with van der Waals surface area (Å²) in [6.07, 6.45) is 0. The summed E-state index contributed by atoms with van der Waals surface area (Å²) in [6.45, 7) is 0. The van der Waals surface area contributed by atoms with Gasteiger partial charge in [0.15, 0.2) is 0 Å². The molecule has 0 saturated heterocycles. The van der Waals surface area contributed by atoms with Crippen LogP contribution < -0.4 is 4.72 Å². The topological polar surface area (TPSA) is 46.2 Å². The molecule has 0 aliphatic rings. The van der Waals surface area contributed by atoms with Crippen molar-refractivity contribution < 1.29 is 8.42 Å². The third-order valence-corrected chi connectivity index (χ3v) is 7.53. The maximum Gasteiger partial charge on any atom is 0.240 e. The van der Waals surface area contributed by atoms with E-state index in [1.165, 1.54) is 27.9 Å². The number of thiophene rings is 1. The van der Waals surface area contributed by atoms with Crippen molar-refractivity contribution in [3.8, 4) is 0 Å². The van der Waals surface area contributed by atoms with E-state index in [0.717, 1.165) is 20.9 Å². The summed E-state index contributed by atoms with van der Waals surface area (Å²) in [5.74, 6) is 0. The van der Waals surface area contributed by atoms with Gasteiger partial charge in [-0.3, -0.25) is 0 Å². The number of nitrogens with one attached hydrogen (secondary N) is 1. The van der Waals surface area contributed by atoms with Gasteiger partial charge in [-0.1, -0.05) is 60.7 Å². The van der Waals surface area contributed by atoms with E-state index in [-0.39, 0.29) is 0 Å². The van der Waals surface area contributed by atoms with Crippen LogP contribution >= 0.6 is 11.3 Å². The average Bonchev–Trinajstić information content (AvgIpc) is 3.06. The zero-order valence-corrected chi connectivity index (χ0v) is 15.6. The molecule has 0 spiro atoms. The summed E-state index contributed by atoms with van der Waals surface area (Å²) in [5.41, 5.74) is 0. The van der Waals surface area contributed by atoms with Gasteiger partial charge in [-0.15, -0.1) is 11.3 Å². The lowest BCUT2D eigenvalue weighted by Gasteiger charge is -2.08. The smallest absolute Gasteiger partial charge is 0.214 e. The number of benzene rings is 4. The van der Waals surface area contributed by atoms with E-state index < -0.39 is 10.0 Å². The molecule has 0 amide bonds. The number of rotatable bonds is 2. The lowest BCUT2D eigenvalue weighted by Crippen LogP contribution is -2.18. The van der Waals surface area contributed by atoms with Crippen LogP contribution in [0.15, 0.2) is 71.6 Å². The van der Waals surface area contributed by atoms with E-state index in [9.17, 15) is 8.42 Å². The van der Waals surface area contributed by atoms with Gasteiger partial charge in [-0.2, -0.15) is 0 Å². The zero-order chi connectivity index (χ0) is 17.9. The fourth-order valence-corrected chi connectivity index (χ4v) is 6.00. The number of fused-ring (bicyclic) bond motifs is 7. The van der Waals surface area contributed by atoms with E-state index in [1.54, 1.807) is 11.3 Å². The molecule has 0 fully saturated rings. The van der Waals surface area contributed by atoms with E-state index >= 15 is 0 Å². The van der Waals surface area contributed by atoms with E-state index in [1.807, 2.05) is 42.5 Å². The predicted molar refractivity (Wildman–Crippen MR) is 111 cm³/mol. The monoisotopic (exact) mass is 377 g/mol. The molecule has 0 aliphatic carbocycles. The standard InChI is InChI=1S/C21H15NO2S2/c1-22-26(23,24)19-12-18-20(16-9-5-4-8-15(16)19)17-11-10-13-6-2-3-7-14(13)21(17)25-18/h2-12,22H,1H3. The second kappa shape index (κ2) is 5.51. The summed E-state index contributed by atoms with van der Waals surface area (Å²) >= 11 is 1.65. The fourth-order valence-electron chi connectivity index (χ4n) is 3.67. The summed E-state index contributed by atoms with van der Waals surface area (Å²) in [5, 5.41) is 6.42. The Morgan fingerprint density at radius 1 is 0.808 bits per heavy atom. The van der Waals surface area contributed by atoms with Gasteiger partial charge in [0.25, 0.3) is 0 Å². The predicted octanol–water partition coefficient (Wildman–Crippen LogP) is 5.27. The SMILES string of the molecule is CNS(=O)(=O)c1cc2sc3c4ccccc4ccc3c2c2ccccc12. The van der Waals surface area contributed by atoms with Crippen molar-refractivity contribution >= 4 is 63.1 Å². The Kier molecular flexibility index (Phi) is 3.34. The minimum atomic E-state index is -3.54. The molecule has 0 saturated carbocycles. The molecule has 3 nitrogen and oxygen atoms in total. The molecule has 5 rings (SSSR count). The Labute approximate surface area is 154 Å². The summed E-state index contributed by atoms with van der Waals surface area (Å²) in [4.78, 5) is 0.332. The third-order valence-electron chi connectivity index (χ3n) is 4.89. The van der Waals surface area contributed by atoms with Gasteiger partial charge >= 0.3 is 0 Å². The van der Waals surface area contributed by atoms with Crippen LogP contribution in [0.5, 0.6) is 0 Å². The molecule has 4 aromatic carbocycles. The first-order valence-electron chi connectivity index (χ1n) is 8.29. The maximum absolute atomic E-state index is 12.6. The third kappa shape index (κ3) is 2.11. The van der Waals surface area contributed by atoms with Gasteiger partial charge in [0.2, 0.25) is 10.0 Å². The second-order valence-electron chi connectivity index (χ2n) is 6.27. The molecular formula is C21H15NO2S2. The minimum absolute atomic E-state index is 0.332. The normalized spacial score (nSPS) is 12.5. The minimum Gasteiger partial charge on any atom is -0.214 e. The van der Waals surface area contributed by atoms with Gasteiger partial charge in [0.05, 0.1) is 4.90 Å². The number of sulfonamides is 1. The van der Waals surface area contributed by atoms with Crippen molar-refractivity contribution in [1.29, 1.82) is 0 Å². The fraction of sp³-hybridized carbons (Fsp3) is 0.0476. The quantitative estimate of drug-likeness (QED) is 0.455. The van der Waals surface area contributed by atoms with Gasteiger partial charge < -0.3 is 0 Å². The van der Waals surface area contributed by atoms with Crippen LogP contribution in [0.1, 0.15) is 0 Å². The van der Waals surface area contributed by atoms with Crippen molar-refractivity contribution in [2.45, 2.75) is 4.90 Å². The average molecular weight is 377 g/mol. The van der Waals surface area contributed by atoms with E-state index in [0.29, 0.717) is 4.90 Å². The first-order valence-corrected chi connectivity index (χ1v) is 10.6.